The summed E-state index contributed by atoms with van der Waals surface area (Å²) in [6.07, 6.45) is -0.785. The number of hydrogen-bond acceptors (Lipinski definition) is 12. The first-order valence-corrected chi connectivity index (χ1v) is 13.3. The van der Waals surface area contributed by atoms with Crippen LogP contribution in [0.3, 0.4) is 0 Å². The van der Waals surface area contributed by atoms with Crippen LogP contribution >= 0.6 is 0 Å². The lowest BCUT2D eigenvalue weighted by atomic mass is 9.82. The van der Waals surface area contributed by atoms with Gasteiger partial charge in [0.25, 0.3) is 0 Å². The average molecular weight is 607 g/mol. The zero-order valence-electron chi connectivity index (χ0n) is 25.5. The summed E-state index contributed by atoms with van der Waals surface area (Å²) in [7, 11) is 10.8. The molecule has 0 fully saturated rings. The standard InChI is InChI=1S/C32H30O12/c1-37-15-11-17(39-3)25-27-21(13(9-19(33)41-5)31(43-7)29(25)35)22-14(10-20(34)42-6)32(44-8)30(36)26-18(40-4)12-16(38-2)24(23(15)27)28(22)26/h11-12H,9-10H2,1-8H3. The topological polar surface area (TPSA) is 142 Å². The van der Waals surface area contributed by atoms with Crippen molar-refractivity contribution in [2.45, 2.75) is 12.8 Å². The normalized spacial score (nSPS) is 11.3. The van der Waals surface area contributed by atoms with Gasteiger partial charge in [-0.05, 0) is 10.8 Å². The largest absolute Gasteiger partial charge is 0.496 e. The van der Waals surface area contributed by atoms with E-state index in [4.69, 9.17) is 37.9 Å². The van der Waals surface area contributed by atoms with Gasteiger partial charge in [-0.1, -0.05) is 0 Å². The van der Waals surface area contributed by atoms with E-state index in [1.807, 2.05) is 0 Å². The lowest BCUT2D eigenvalue weighted by Gasteiger charge is -2.25. The Hall–Kier alpha value is -5.26. The van der Waals surface area contributed by atoms with Gasteiger partial charge in [0.1, 0.15) is 23.0 Å². The van der Waals surface area contributed by atoms with Gasteiger partial charge in [0.15, 0.2) is 11.5 Å². The Balaban J connectivity index is 2.37. The lowest BCUT2D eigenvalue weighted by molar-refractivity contribution is -0.140. The molecule has 0 amide bonds. The molecule has 0 saturated heterocycles. The molecule has 5 aromatic carbocycles. The highest BCUT2D eigenvalue weighted by atomic mass is 16.5. The van der Waals surface area contributed by atoms with Crippen LogP contribution in [0.4, 0.5) is 0 Å². The monoisotopic (exact) mass is 606 g/mol. The van der Waals surface area contributed by atoms with Crippen molar-refractivity contribution >= 4 is 55.0 Å². The van der Waals surface area contributed by atoms with E-state index in [0.717, 1.165) is 0 Å². The molecule has 0 bridgehead atoms. The van der Waals surface area contributed by atoms with Crippen molar-refractivity contribution in [3.05, 3.63) is 43.7 Å². The Morgan fingerprint density at radius 2 is 0.773 bits per heavy atom. The second kappa shape index (κ2) is 11.4. The minimum Gasteiger partial charge on any atom is -0.496 e. The fourth-order valence-electron chi connectivity index (χ4n) is 6.14. The number of fused-ring (bicyclic) bond motifs is 2. The molecule has 0 unspecified atom stereocenters. The van der Waals surface area contributed by atoms with Crippen LogP contribution in [0, 0.1) is 0 Å². The summed E-state index contributed by atoms with van der Waals surface area (Å²) >= 11 is 0. The molecular formula is C32H30O12. The molecule has 0 aliphatic heterocycles. The van der Waals surface area contributed by atoms with Crippen LogP contribution in [0.1, 0.15) is 11.1 Å². The third-order valence-electron chi connectivity index (χ3n) is 7.91. The summed E-state index contributed by atoms with van der Waals surface area (Å²) in [4.78, 5) is 54.1. The molecule has 12 nitrogen and oxygen atoms in total. The van der Waals surface area contributed by atoms with Crippen molar-refractivity contribution < 1.29 is 47.5 Å². The molecule has 12 heteroatoms. The second-order valence-corrected chi connectivity index (χ2v) is 9.75. The third kappa shape index (κ3) is 4.12. The average Bonchev–Trinajstić information content (AvgIpc) is 3.04. The lowest BCUT2D eigenvalue weighted by Crippen LogP contribution is -2.18. The Morgan fingerprint density at radius 3 is 1.05 bits per heavy atom. The minimum atomic E-state index is -0.665. The van der Waals surface area contributed by atoms with Gasteiger partial charge in [0.2, 0.25) is 10.9 Å². The molecule has 44 heavy (non-hydrogen) atoms. The van der Waals surface area contributed by atoms with E-state index in [9.17, 15) is 19.2 Å². The number of esters is 2. The Kier molecular flexibility index (Phi) is 7.85. The first-order valence-electron chi connectivity index (χ1n) is 13.3. The number of rotatable bonds is 10. The maximum Gasteiger partial charge on any atom is 0.310 e. The quantitative estimate of drug-likeness (QED) is 0.131. The van der Waals surface area contributed by atoms with Crippen LogP contribution < -0.4 is 39.3 Å². The molecule has 0 aromatic heterocycles. The van der Waals surface area contributed by atoms with E-state index >= 15 is 0 Å². The first-order chi connectivity index (χ1) is 21.2. The highest BCUT2D eigenvalue weighted by Crippen LogP contribution is 2.53. The summed E-state index contributed by atoms with van der Waals surface area (Å²) < 4.78 is 44.3. The molecule has 0 atom stereocenters. The molecule has 0 heterocycles. The van der Waals surface area contributed by atoms with Gasteiger partial charge in [-0.25, -0.2) is 0 Å². The second-order valence-electron chi connectivity index (χ2n) is 9.75. The van der Waals surface area contributed by atoms with E-state index in [2.05, 4.69) is 0 Å². The summed E-state index contributed by atoms with van der Waals surface area (Å²) in [5, 5.41) is 2.33. The summed E-state index contributed by atoms with van der Waals surface area (Å²) in [5.74, 6) is -0.702. The maximum atomic E-state index is 14.2. The van der Waals surface area contributed by atoms with Crippen molar-refractivity contribution in [2.75, 3.05) is 56.9 Å². The number of carbonyl (C=O) groups excluding carboxylic acids is 2. The Bertz CT molecular complexity index is 1930. The van der Waals surface area contributed by atoms with E-state index < -0.39 is 35.6 Å². The van der Waals surface area contributed by atoms with Crippen LogP contribution in [-0.2, 0) is 31.9 Å². The Labute approximate surface area is 250 Å². The predicted molar refractivity (Wildman–Crippen MR) is 162 cm³/mol. The van der Waals surface area contributed by atoms with Gasteiger partial charge < -0.3 is 37.9 Å². The van der Waals surface area contributed by atoms with Gasteiger partial charge in [-0.2, -0.15) is 0 Å². The maximum absolute atomic E-state index is 14.2. The molecule has 0 saturated carbocycles. The molecule has 5 aromatic rings. The molecule has 0 N–H and O–H groups in total. The molecular weight excluding hydrogens is 576 g/mol. The van der Waals surface area contributed by atoms with E-state index in [1.165, 1.54) is 56.9 Å². The van der Waals surface area contributed by atoms with E-state index in [1.54, 1.807) is 12.1 Å². The van der Waals surface area contributed by atoms with Crippen molar-refractivity contribution in [2.24, 2.45) is 0 Å². The summed E-state index contributed by atoms with van der Waals surface area (Å²) in [5.41, 5.74) is -0.789. The van der Waals surface area contributed by atoms with Crippen molar-refractivity contribution in [1.82, 2.24) is 0 Å². The predicted octanol–water partition coefficient (Wildman–Crippen LogP) is 3.38. The fraction of sp³-hybridized carbons (Fsp3) is 0.312. The zero-order chi connectivity index (χ0) is 32.0. The molecule has 0 aliphatic rings. The highest BCUT2D eigenvalue weighted by Gasteiger charge is 2.33. The van der Waals surface area contributed by atoms with Crippen LogP contribution in [0.15, 0.2) is 21.7 Å². The fourth-order valence-corrected chi connectivity index (χ4v) is 6.14. The zero-order valence-corrected chi connectivity index (χ0v) is 25.5. The molecule has 0 aliphatic carbocycles. The van der Waals surface area contributed by atoms with Gasteiger partial charge in [-0.3, -0.25) is 19.2 Å². The molecule has 5 rings (SSSR count). The first kappa shape index (κ1) is 30.2. The SMILES string of the molecule is COC(=O)Cc1c(OC)c(=O)c2c(OC)cc(OC)c3c4c(OC)cc(OC)c5c(=O)c(OC)c(CC(=O)OC)c(c1c23)c54. The number of methoxy groups -OCH3 is 8. The van der Waals surface area contributed by atoms with Gasteiger partial charge in [0.05, 0.1) is 80.5 Å². The summed E-state index contributed by atoms with van der Waals surface area (Å²) in [6, 6.07) is 3.11. The van der Waals surface area contributed by atoms with Crippen molar-refractivity contribution in [3.8, 4) is 34.5 Å². The van der Waals surface area contributed by atoms with Crippen LogP contribution in [0.2, 0.25) is 0 Å². The highest BCUT2D eigenvalue weighted by molar-refractivity contribution is 6.38. The smallest absolute Gasteiger partial charge is 0.310 e. The van der Waals surface area contributed by atoms with E-state index in [-0.39, 0.29) is 56.4 Å². The van der Waals surface area contributed by atoms with Gasteiger partial charge >= 0.3 is 11.9 Å². The van der Waals surface area contributed by atoms with Crippen LogP contribution in [0.25, 0.3) is 43.1 Å². The van der Waals surface area contributed by atoms with Crippen LogP contribution in [-0.4, -0.2) is 68.8 Å². The van der Waals surface area contributed by atoms with Crippen molar-refractivity contribution in [1.29, 1.82) is 0 Å². The van der Waals surface area contributed by atoms with Gasteiger partial charge in [-0.15, -0.1) is 0 Å². The number of hydrogen-bond donors (Lipinski definition) is 0. The van der Waals surface area contributed by atoms with Crippen LogP contribution in [0.5, 0.6) is 34.5 Å². The number of carbonyl (C=O) groups is 2. The third-order valence-corrected chi connectivity index (χ3v) is 7.91. The summed E-state index contributed by atoms with van der Waals surface area (Å²) in [6.45, 7) is 0. The van der Waals surface area contributed by atoms with Gasteiger partial charge in [0, 0.05) is 44.8 Å². The number of ether oxygens (including phenoxy) is 8. The molecule has 230 valence electrons. The van der Waals surface area contributed by atoms with Crippen molar-refractivity contribution in [3.63, 3.8) is 0 Å². The molecule has 0 radical (unpaired) electrons. The minimum absolute atomic E-state index is 0.120. The van der Waals surface area contributed by atoms with E-state index in [0.29, 0.717) is 32.3 Å². The Morgan fingerprint density at radius 1 is 0.455 bits per heavy atom. The molecule has 0 spiro atoms. The number of benzene rings is 5.